The molecule has 0 aromatic heterocycles. The Morgan fingerprint density at radius 1 is 0.938 bits per heavy atom. The third-order valence-electron chi connectivity index (χ3n) is 7.02. The first-order chi connectivity index (χ1) is 15.5. The van der Waals surface area contributed by atoms with Crippen LogP contribution in [0.5, 0.6) is 0 Å². The summed E-state index contributed by atoms with van der Waals surface area (Å²) in [6.07, 6.45) is 2.56. The van der Waals surface area contributed by atoms with Gasteiger partial charge in [-0.05, 0) is 47.9 Å². The van der Waals surface area contributed by atoms with Gasteiger partial charge in [0.2, 0.25) is 5.91 Å². The quantitative estimate of drug-likeness (QED) is 0.725. The number of nitrogens with one attached hydrogen (secondary N) is 1. The molecule has 2 aliphatic heterocycles. The van der Waals surface area contributed by atoms with Gasteiger partial charge in [0.1, 0.15) is 12.6 Å². The molecule has 2 aromatic rings. The van der Waals surface area contributed by atoms with E-state index in [0.717, 1.165) is 47.9 Å². The first-order valence-electron chi connectivity index (χ1n) is 11.2. The van der Waals surface area contributed by atoms with Crippen LogP contribution in [0.4, 0.5) is 4.79 Å². The number of benzene rings is 2. The van der Waals surface area contributed by atoms with E-state index in [-0.39, 0.29) is 30.5 Å². The number of carboxylic acid groups (broad SMARTS) is 1. The van der Waals surface area contributed by atoms with E-state index in [9.17, 15) is 19.5 Å². The third kappa shape index (κ3) is 3.61. The van der Waals surface area contributed by atoms with Crippen LogP contribution < -0.4 is 5.32 Å². The van der Waals surface area contributed by atoms with Gasteiger partial charge in [-0.1, -0.05) is 48.5 Å². The number of fused-ring (bicyclic) bond motifs is 5. The monoisotopic (exact) mass is 434 g/mol. The van der Waals surface area contributed by atoms with Crippen LogP contribution in [0.15, 0.2) is 48.5 Å². The molecule has 1 atom stereocenters. The van der Waals surface area contributed by atoms with E-state index in [0.29, 0.717) is 0 Å². The van der Waals surface area contributed by atoms with E-state index < -0.39 is 24.5 Å². The maximum absolute atomic E-state index is 13.1. The first-order valence-corrected chi connectivity index (χ1v) is 11.2. The number of nitrogens with zero attached hydrogens (tertiary/aromatic N) is 1. The SMILES string of the molecule is O=C(O)CC(NC(=O)OCC1c2ccccc2-c2ccccc21)C(=O)N1C2CCC1CC2. The summed E-state index contributed by atoms with van der Waals surface area (Å²) in [5.74, 6) is -1.55. The molecule has 2 bridgehead atoms. The van der Waals surface area contributed by atoms with Gasteiger partial charge in [-0.3, -0.25) is 9.59 Å². The minimum atomic E-state index is -1.13. The van der Waals surface area contributed by atoms with Crippen molar-refractivity contribution in [3.05, 3.63) is 59.7 Å². The molecule has 0 radical (unpaired) electrons. The Morgan fingerprint density at radius 2 is 1.47 bits per heavy atom. The molecular weight excluding hydrogens is 408 g/mol. The minimum Gasteiger partial charge on any atom is -0.481 e. The molecule has 7 heteroatoms. The van der Waals surface area contributed by atoms with Gasteiger partial charge < -0.3 is 20.1 Å². The minimum absolute atomic E-state index is 0.101. The molecule has 0 saturated carbocycles. The van der Waals surface area contributed by atoms with Gasteiger partial charge >= 0.3 is 12.1 Å². The zero-order chi connectivity index (χ0) is 22.2. The second-order valence-corrected chi connectivity index (χ2v) is 8.83. The molecule has 166 valence electrons. The zero-order valence-electron chi connectivity index (χ0n) is 17.7. The maximum atomic E-state index is 13.1. The Hall–Kier alpha value is -3.35. The fourth-order valence-corrected chi connectivity index (χ4v) is 5.61. The summed E-state index contributed by atoms with van der Waals surface area (Å²) in [5, 5.41) is 11.8. The molecule has 2 aromatic carbocycles. The largest absolute Gasteiger partial charge is 0.481 e. The van der Waals surface area contributed by atoms with E-state index >= 15 is 0 Å². The Labute approximate surface area is 186 Å². The highest BCUT2D eigenvalue weighted by atomic mass is 16.5. The van der Waals surface area contributed by atoms with Crippen molar-refractivity contribution in [2.24, 2.45) is 0 Å². The molecule has 1 unspecified atom stereocenters. The smallest absolute Gasteiger partial charge is 0.407 e. The van der Waals surface area contributed by atoms with Crippen LogP contribution in [0.1, 0.15) is 49.1 Å². The van der Waals surface area contributed by atoms with Crippen LogP contribution in [-0.4, -0.2) is 52.7 Å². The fourth-order valence-electron chi connectivity index (χ4n) is 5.61. The number of carboxylic acids is 1. The van der Waals surface area contributed by atoms with Gasteiger partial charge in [-0.25, -0.2) is 4.79 Å². The Bertz CT molecular complexity index is 1000. The highest BCUT2D eigenvalue weighted by molar-refractivity contribution is 5.90. The van der Waals surface area contributed by atoms with Gasteiger partial charge in [0.15, 0.2) is 0 Å². The summed E-state index contributed by atoms with van der Waals surface area (Å²) >= 11 is 0. The van der Waals surface area contributed by atoms with E-state index in [1.54, 1.807) is 4.90 Å². The van der Waals surface area contributed by atoms with Crippen LogP contribution in [-0.2, 0) is 14.3 Å². The maximum Gasteiger partial charge on any atom is 0.407 e. The number of rotatable bonds is 6. The summed E-state index contributed by atoms with van der Waals surface area (Å²) in [6, 6.07) is 15.3. The number of carbonyl (C=O) groups is 3. The lowest BCUT2D eigenvalue weighted by Gasteiger charge is -2.27. The third-order valence-corrected chi connectivity index (χ3v) is 7.02. The average molecular weight is 434 g/mol. The van der Waals surface area contributed by atoms with Gasteiger partial charge in [0, 0.05) is 18.0 Å². The second kappa shape index (κ2) is 8.30. The van der Waals surface area contributed by atoms with Crippen LogP contribution in [0, 0.1) is 0 Å². The lowest BCUT2D eigenvalue weighted by atomic mass is 9.98. The van der Waals surface area contributed by atoms with Crippen molar-refractivity contribution < 1.29 is 24.2 Å². The number of aliphatic carboxylic acids is 1. The number of ether oxygens (including phenoxy) is 1. The standard InChI is InChI=1S/C25H26N2O5/c28-23(29)13-22(24(30)27-15-9-10-16(27)12-11-15)26-25(31)32-14-21-19-7-3-1-5-17(19)18-6-2-4-8-20(18)21/h1-8,15-16,21-22H,9-14H2,(H,26,31)(H,28,29). The number of carbonyl (C=O) groups excluding carboxylic acids is 2. The molecular formula is C25H26N2O5. The number of alkyl carbamates (subject to hydrolysis) is 1. The predicted molar refractivity (Wildman–Crippen MR) is 117 cm³/mol. The molecule has 2 saturated heterocycles. The van der Waals surface area contributed by atoms with Gasteiger partial charge in [0.25, 0.3) is 0 Å². The molecule has 1 aliphatic carbocycles. The van der Waals surface area contributed by atoms with Crippen LogP contribution >= 0.6 is 0 Å². The molecule has 2 heterocycles. The molecule has 2 amide bonds. The van der Waals surface area contributed by atoms with Crippen molar-refractivity contribution in [2.45, 2.75) is 56.1 Å². The molecule has 0 spiro atoms. The topological polar surface area (TPSA) is 95.9 Å². The van der Waals surface area contributed by atoms with Crippen molar-refractivity contribution in [3.8, 4) is 11.1 Å². The first kappa shape index (κ1) is 20.5. The highest BCUT2D eigenvalue weighted by Gasteiger charge is 2.44. The molecule has 32 heavy (non-hydrogen) atoms. The van der Waals surface area contributed by atoms with E-state index in [1.807, 2.05) is 36.4 Å². The Balaban J connectivity index is 1.27. The normalized spacial score (nSPS) is 21.7. The molecule has 2 N–H and O–H groups in total. The molecule has 3 aliphatic rings. The van der Waals surface area contributed by atoms with Crippen molar-refractivity contribution in [3.63, 3.8) is 0 Å². The van der Waals surface area contributed by atoms with Crippen LogP contribution in [0.2, 0.25) is 0 Å². The van der Waals surface area contributed by atoms with E-state index in [2.05, 4.69) is 17.4 Å². The van der Waals surface area contributed by atoms with Gasteiger partial charge in [-0.2, -0.15) is 0 Å². The number of hydrogen-bond acceptors (Lipinski definition) is 4. The Morgan fingerprint density at radius 3 is 2.00 bits per heavy atom. The summed E-state index contributed by atoms with van der Waals surface area (Å²) in [5.41, 5.74) is 4.43. The number of amides is 2. The van der Waals surface area contributed by atoms with Crippen LogP contribution in [0.25, 0.3) is 11.1 Å². The molecule has 7 nitrogen and oxygen atoms in total. The number of hydrogen-bond donors (Lipinski definition) is 2. The summed E-state index contributed by atoms with van der Waals surface area (Å²) < 4.78 is 5.52. The van der Waals surface area contributed by atoms with Crippen molar-refractivity contribution in [2.75, 3.05) is 6.61 Å². The van der Waals surface area contributed by atoms with Crippen molar-refractivity contribution in [1.29, 1.82) is 0 Å². The molecule has 2 fully saturated rings. The Kier molecular flexibility index (Phi) is 5.33. The predicted octanol–water partition coefficient (Wildman–Crippen LogP) is 3.52. The zero-order valence-corrected chi connectivity index (χ0v) is 17.7. The summed E-state index contributed by atoms with van der Waals surface area (Å²) in [4.78, 5) is 38.8. The lowest BCUT2D eigenvalue weighted by molar-refractivity contribution is -0.143. The molecule has 5 rings (SSSR count). The second-order valence-electron chi connectivity index (χ2n) is 8.83. The summed E-state index contributed by atoms with van der Waals surface area (Å²) in [7, 11) is 0. The van der Waals surface area contributed by atoms with E-state index in [1.165, 1.54) is 0 Å². The lowest BCUT2D eigenvalue weighted by Crippen LogP contribution is -2.51. The van der Waals surface area contributed by atoms with E-state index in [4.69, 9.17) is 4.74 Å². The van der Waals surface area contributed by atoms with Crippen molar-refractivity contribution >= 4 is 18.0 Å². The highest BCUT2D eigenvalue weighted by Crippen LogP contribution is 2.44. The fraction of sp³-hybridized carbons (Fsp3) is 0.400. The average Bonchev–Trinajstić information content (AvgIpc) is 3.48. The van der Waals surface area contributed by atoms with Gasteiger partial charge in [-0.15, -0.1) is 0 Å². The van der Waals surface area contributed by atoms with Crippen LogP contribution in [0.3, 0.4) is 0 Å². The summed E-state index contributed by atoms with van der Waals surface area (Å²) in [6.45, 7) is 0.114. The van der Waals surface area contributed by atoms with Crippen molar-refractivity contribution in [1.82, 2.24) is 10.2 Å². The van der Waals surface area contributed by atoms with Gasteiger partial charge in [0.05, 0.1) is 6.42 Å².